The van der Waals surface area contributed by atoms with Crippen molar-refractivity contribution < 1.29 is 9.53 Å². The van der Waals surface area contributed by atoms with E-state index in [9.17, 15) is 4.79 Å². The van der Waals surface area contributed by atoms with Gasteiger partial charge in [-0.15, -0.1) is 10.2 Å². The number of H-pyrrole nitrogens is 1. The molecule has 26 heavy (non-hydrogen) atoms. The van der Waals surface area contributed by atoms with E-state index in [1.165, 1.54) is 0 Å². The first kappa shape index (κ1) is 17.7. The fourth-order valence-electron chi connectivity index (χ4n) is 2.72. The van der Waals surface area contributed by atoms with E-state index < -0.39 is 0 Å². The van der Waals surface area contributed by atoms with Crippen molar-refractivity contribution in [3.63, 3.8) is 0 Å². The van der Waals surface area contributed by atoms with E-state index >= 15 is 0 Å². The summed E-state index contributed by atoms with van der Waals surface area (Å²) in [7, 11) is 1.61. The minimum absolute atomic E-state index is 0.245. The average Bonchev–Trinajstić information content (AvgIpc) is 3.31. The van der Waals surface area contributed by atoms with Gasteiger partial charge >= 0.3 is 0 Å². The number of aryl methyl sites for hydroxylation is 1. The number of methoxy groups -OCH3 is 1. The number of ether oxygens (including phenoxy) is 1. The number of amides is 1. The Morgan fingerprint density at radius 3 is 3.00 bits per heavy atom. The van der Waals surface area contributed by atoms with Crippen molar-refractivity contribution in [1.29, 1.82) is 0 Å². The van der Waals surface area contributed by atoms with E-state index in [-0.39, 0.29) is 11.9 Å². The molecule has 2 N–H and O–H groups in total. The highest BCUT2D eigenvalue weighted by Crippen LogP contribution is 2.22. The molecule has 0 fully saturated rings. The van der Waals surface area contributed by atoms with Gasteiger partial charge in [0.05, 0.1) is 18.8 Å². The fourth-order valence-corrected chi connectivity index (χ4v) is 2.72. The summed E-state index contributed by atoms with van der Waals surface area (Å²) in [6.45, 7) is 4.78. The Labute approximate surface area is 151 Å². The Bertz CT molecular complexity index is 885. The van der Waals surface area contributed by atoms with Crippen LogP contribution in [-0.4, -0.2) is 38.0 Å². The van der Waals surface area contributed by atoms with Gasteiger partial charge in [-0.25, -0.2) is 0 Å². The van der Waals surface area contributed by atoms with Gasteiger partial charge in [0.1, 0.15) is 17.8 Å². The van der Waals surface area contributed by atoms with Crippen LogP contribution < -0.4 is 10.1 Å². The summed E-state index contributed by atoms with van der Waals surface area (Å²) in [4.78, 5) is 12.5. The third-order valence-electron chi connectivity index (χ3n) is 4.03. The summed E-state index contributed by atoms with van der Waals surface area (Å²) < 4.78 is 7.17. The van der Waals surface area contributed by atoms with Crippen molar-refractivity contribution >= 4 is 5.91 Å². The highest BCUT2D eigenvalue weighted by Gasteiger charge is 2.18. The largest absolute Gasteiger partial charge is 0.497 e. The first-order valence-corrected chi connectivity index (χ1v) is 8.50. The molecule has 0 radical (unpaired) electrons. The Morgan fingerprint density at radius 2 is 2.23 bits per heavy atom. The van der Waals surface area contributed by atoms with Crippen LogP contribution in [-0.2, 0) is 6.54 Å². The molecule has 0 spiro atoms. The fraction of sp³-hybridized carbons (Fsp3) is 0.333. The van der Waals surface area contributed by atoms with Crippen LogP contribution in [0.4, 0.5) is 0 Å². The molecule has 0 aliphatic heterocycles. The molecule has 3 aromatic rings. The number of nitrogens with zero attached hydrogens (tertiary/aromatic N) is 4. The lowest BCUT2D eigenvalue weighted by atomic mass is 10.1. The number of hydrogen-bond donors (Lipinski definition) is 2. The number of rotatable bonds is 7. The van der Waals surface area contributed by atoms with Crippen molar-refractivity contribution in [3.8, 4) is 17.0 Å². The second-order valence-electron chi connectivity index (χ2n) is 5.98. The molecule has 2 heterocycles. The summed E-state index contributed by atoms with van der Waals surface area (Å²) in [6.07, 6.45) is 2.65. The van der Waals surface area contributed by atoms with Crippen LogP contribution in [0.1, 0.15) is 42.6 Å². The van der Waals surface area contributed by atoms with E-state index in [1.54, 1.807) is 19.5 Å². The van der Waals surface area contributed by atoms with Gasteiger partial charge in [0.2, 0.25) is 0 Å². The van der Waals surface area contributed by atoms with Crippen LogP contribution in [0.25, 0.3) is 11.3 Å². The van der Waals surface area contributed by atoms with Crippen molar-refractivity contribution in [3.05, 3.63) is 48.2 Å². The minimum atomic E-state index is -0.264. The molecule has 1 atom stereocenters. The van der Waals surface area contributed by atoms with Crippen LogP contribution >= 0.6 is 0 Å². The summed E-state index contributed by atoms with van der Waals surface area (Å²) in [6, 6.07) is 8.97. The predicted octanol–water partition coefficient (Wildman–Crippen LogP) is 2.58. The zero-order valence-corrected chi connectivity index (χ0v) is 15.1. The maximum atomic E-state index is 12.5. The molecule has 8 heteroatoms. The van der Waals surface area contributed by atoms with Crippen molar-refractivity contribution in [2.75, 3.05) is 7.11 Å². The molecule has 2 aromatic heterocycles. The summed E-state index contributed by atoms with van der Waals surface area (Å²) in [5.74, 6) is 1.22. The molecule has 8 nitrogen and oxygen atoms in total. The lowest BCUT2D eigenvalue weighted by Gasteiger charge is -2.13. The third kappa shape index (κ3) is 3.74. The van der Waals surface area contributed by atoms with Gasteiger partial charge in [-0.05, 0) is 31.5 Å². The SMILES string of the molecule is CCCn1cnnc1[C@H](C)NC(=O)c1cc(-c2cccc(OC)c2)n[nH]1. The van der Waals surface area contributed by atoms with Crippen molar-refractivity contribution in [2.24, 2.45) is 0 Å². The summed E-state index contributed by atoms with van der Waals surface area (Å²) in [5.41, 5.74) is 1.93. The summed E-state index contributed by atoms with van der Waals surface area (Å²) >= 11 is 0. The quantitative estimate of drug-likeness (QED) is 0.679. The second-order valence-corrected chi connectivity index (χ2v) is 5.98. The van der Waals surface area contributed by atoms with Crippen LogP contribution in [0.2, 0.25) is 0 Å². The molecule has 3 rings (SSSR count). The van der Waals surface area contributed by atoms with Crippen molar-refractivity contribution in [2.45, 2.75) is 32.9 Å². The molecule has 0 aliphatic rings. The van der Waals surface area contributed by atoms with Gasteiger partial charge < -0.3 is 14.6 Å². The van der Waals surface area contributed by atoms with E-state index in [0.717, 1.165) is 30.1 Å². The van der Waals surface area contributed by atoms with Crippen LogP contribution in [0.5, 0.6) is 5.75 Å². The van der Waals surface area contributed by atoms with Gasteiger partial charge in [0, 0.05) is 12.1 Å². The molecule has 0 bridgehead atoms. The lowest BCUT2D eigenvalue weighted by Crippen LogP contribution is -2.29. The minimum Gasteiger partial charge on any atom is -0.497 e. The highest BCUT2D eigenvalue weighted by molar-refractivity contribution is 5.93. The second kappa shape index (κ2) is 7.81. The zero-order valence-electron chi connectivity index (χ0n) is 15.1. The molecule has 1 amide bonds. The molecule has 1 aromatic carbocycles. The number of hydrogen-bond acceptors (Lipinski definition) is 5. The Morgan fingerprint density at radius 1 is 1.38 bits per heavy atom. The average molecular weight is 354 g/mol. The molecular weight excluding hydrogens is 332 g/mol. The van der Waals surface area contributed by atoms with E-state index in [2.05, 4.69) is 32.6 Å². The Balaban J connectivity index is 1.72. The van der Waals surface area contributed by atoms with E-state index in [1.807, 2.05) is 35.8 Å². The normalized spacial score (nSPS) is 12.0. The molecule has 0 saturated heterocycles. The van der Waals surface area contributed by atoms with E-state index in [0.29, 0.717) is 11.4 Å². The first-order chi connectivity index (χ1) is 12.6. The van der Waals surface area contributed by atoms with Gasteiger partial charge in [-0.3, -0.25) is 9.89 Å². The number of carbonyl (C=O) groups excluding carboxylic acids is 1. The molecule has 0 unspecified atom stereocenters. The Hall–Kier alpha value is -3.16. The van der Waals surface area contributed by atoms with Crippen LogP contribution in [0.3, 0.4) is 0 Å². The zero-order chi connectivity index (χ0) is 18.5. The standard InChI is InChI=1S/C18H22N6O2/c1-4-8-24-11-19-23-17(24)12(2)20-18(25)16-10-15(21-22-16)13-6-5-7-14(9-13)26-3/h5-7,9-12H,4,8H2,1-3H3,(H,20,25)(H,21,22)/t12-/m0/s1. The molecule has 0 aliphatic carbocycles. The topological polar surface area (TPSA) is 97.7 Å². The first-order valence-electron chi connectivity index (χ1n) is 8.50. The van der Waals surface area contributed by atoms with E-state index in [4.69, 9.17) is 4.74 Å². The van der Waals surface area contributed by atoms with Gasteiger partial charge in [0.15, 0.2) is 5.82 Å². The number of nitrogens with one attached hydrogen (secondary N) is 2. The maximum absolute atomic E-state index is 12.5. The summed E-state index contributed by atoms with van der Waals surface area (Å²) in [5, 5.41) is 18.0. The predicted molar refractivity (Wildman–Crippen MR) is 96.8 cm³/mol. The smallest absolute Gasteiger partial charge is 0.269 e. The third-order valence-corrected chi connectivity index (χ3v) is 4.03. The van der Waals surface area contributed by atoms with Crippen LogP contribution in [0.15, 0.2) is 36.7 Å². The lowest BCUT2D eigenvalue weighted by molar-refractivity contribution is 0.0932. The highest BCUT2D eigenvalue weighted by atomic mass is 16.5. The van der Waals surface area contributed by atoms with Crippen molar-refractivity contribution in [1.82, 2.24) is 30.3 Å². The van der Waals surface area contributed by atoms with Gasteiger partial charge in [-0.1, -0.05) is 19.1 Å². The maximum Gasteiger partial charge on any atom is 0.269 e. The monoisotopic (exact) mass is 354 g/mol. The van der Waals surface area contributed by atoms with Gasteiger partial charge in [-0.2, -0.15) is 5.10 Å². The Kier molecular flexibility index (Phi) is 5.31. The number of aromatic amines is 1. The number of carbonyl (C=O) groups is 1. The van der Waals surface area contributed by atoms with Crippen LogP contribution in [0, 0.1) is 0 Å². The molecule has 136 valence electrons. The molecular formula is C18H22N6O2. The molecule has 0 saturated carbocycles. The number of benzene rings is 1. The van der Waals surface area contributed by atoms with Gasteiger partial charge in [0.25, 0.3) is 5.91 Å². The number of aromatic nitrogens is 5.